The highest BCUT2D eigenvalue weighted by molar-refractivity contribution is 5.26. The molecule has 0 spiro atoms. The Hall–Kier alpha value is -0.520. The molecule has 0 N–H and O–H groups in total. The van der Waals surface area contributed by atoms with Gasteiger partial charge in [-0.1, -0.05) is 43.6 Å². The first-order chi connectivity index (χ1) is 4.83. The molecule has 1 aliphatic carbocycles. The third kappa shape index (κ3) is 2.02. The maximum Gasteiger partial charge on any atom is -0.00446 e. The summed E-state index contributed by atoms with van der Waals surface area (Å²) in [7, 11) is 0. The molecule has 0 aromatic heterocycles. The van der Waals surface area contributed by atoms with Crippen LogP contribution < -0.4 is 0 Å². The first kappa shape index (κ1) is 7.59. The van der Waals surface area contributed by atoms with Crippen LogP contribution in [-0.2, 0) is 0 Å². The fourth-order valence-corrected chi connectivity index (χ4v) is 1.34. The smallest absolute Gasteiger partial charge is 0.00446 e. The molecule has 1 rings (SSSR count). The lowest BCUT2D eigenvalue weighted by Gasteiger charge is -2.01. The molecule has 0 heterocycles. The molecular formula is C10H16. The second-order valence-electron chi connectivity index (χ2n) is 3.08. The van der Waals surface area contributed by atoms with Gasteiger partial charge >= 0.3 is 0 Å². The van der Waals surface area contributed by atoms with Gasteiger partial charge in [0.15, 0.2) is 0 Å². The molecule has 56 valence electrons. The van der Waals surface area contributed by atoms with Crippen molar-refractivity contribution in [2.45, 2.75) is 33.1 Å². The highest BCUT2D eigenvalue weighted by Gasteiger charge is 2.04. The predicted molar refractivity (Wildman–Crippen MR) is 45.9 cm³/mol. The van der Waals surface area contributed by atoms with Crippen molar-refractivity contribution in [3.63, 3.8) is 0 Å². The SMILES string of the molecule is CCCCC1C=CC(C)=C1. The van der Waals surface area contributed by atoms with Gasteiger partial charge in [-0.25, -0.2) is 0 Å². The normalized spacial score (nSPS) is 23.4. The highest BCUT2D eigenvalue weighted by atomic mass is 14.1. The van der Waals surface area contributed by atoms with Crippen molar-refractivity contribution < 1.29 is 0 Å². The van der Waals surface area contributed by atoms with Crippen molar-refractivity contribution >= 4 is 0 Å². The van der Waals surface area contributed by atoms with E-state index in [1.54, 1.807) is 0 Å². The lowest BCUT2D eigenvalue weighted by Crippen LogP contribution is -1.87. The van der Waals surface area contributed by atoms with Crippen LogP contribution in [0.1, 0.15) is 33.1 Å². The average Bonchev–Trinajstić information content (AvgIpc) is 2.31. The summed E-state index contributed by atoms with van der Waals surface area (Å²) in [6, 6.07) is 0. The molecule has 0 aromatic rings. The molecule has 10 heavy (non-hydrogen) atoms. The van der Waals surface area contributed by atoms with Gasteiger partial charge in [0, 0.05) is 0 Å². The van der Waals surface area contributed by atoms with Crippen molar-refractivity contribution in [2.75, 3.05) is 0 Å². The summed E-state index contributed by atoms with van der Waals surface area (Å²) in [6.07, 6.45) is 10.9. The van der Waals surface area contributed by atoms with Crippen molar-refractivity contribution in [3.8, 4) is 0 Å². The number of hydrogen-bond acceptors (Lipinski definition) is 0. The minimum atomic E-state index is 0.750. The van der Waals surface area contributed by atoms with E-state index in [1.165, 1.54) is 24.8 Å². The summed E-state index contributed by atoms with van der Waals surface area (Å²) < 4.78 is 0. The maximum absolute atomic E-state index is 2.36. The van der Waals surface area contributed by atoms with Crippen molar-refractivity contribution in [1.29, 1.82) is 0 Å². The lowest BCUT2D eigenvalue weighted by atomic mass is 10.0. The number of rotatable bonds is 3. The van der Waals surface area contributed by atoms with Crippen molar-refractivity contribution in [2.24, 2.45) is 5.92 Å². The zero-order valence-corrected chi connectivity index (χ0v) is 6.93. The molecule has 0 fully saturated rings. The Morgan fingerprint density at radius 3 is 2.80 bits per heavy atom. The average molecular weight is 136 g/mol. The fraction of sp³-hybridized carbons (Fsp3) is 0.600. The van der Waals surface area contributed by atoms with E-state index in [-0.39, 0.29) is 0 Å². The second kappa shape index (κ2) is 3.60. The van der Waals surface area contributed by atoms with Crippen LogP contribution in [0.25, 0.3) is 0 Å². The van der Waals surface area contributed by atoms with Gasteiger partial charge in [-0.15, -0.1) is 0 Å². The van der Waals surface area contributed by atoms with Gasteiger partial charge in [-0.05, 0) is 19.3 Å². The molecule has 0 heteroatoms. The fourth-order valence-electron chi connectivity index (χ4n) is 1.34. The zero-order chi connectivity index (χ0) is 7.40. The van der Waals surface area contributed by atoms with E-state index in [2.05, 4.69) is 32.1 Å². The van der Waals surface area contributed by atoms with Crippen LogP contribution in [0.15, 0.2) is 23.8 Å². The van der Waals surface area contributed by atoms with E-state index in [0.717, 1.165) is 5.92 Å². The summed E-state index contributed by atoms with van der Waals surface area (Å²) in [6.45, 7) is 4.41. The van der Waals surface area contributed by atoms with E-state index >= 15 is 0 Å². The third-order valence-electron chi connectivity index (χ3n) is 1.97. The molecule has 0 aromatic carbocycles. The van der Waals surface area contributed by atoms with Crippen LogP contribution in [0.2, 0.25) is 0 Å². The Labute approximate surface area is 63.6 Å². The van der Waals surface area contributed by atoms with Crippen LogP contribution in [0.3, 0.4) is 0 Å². The van der Waals surface area contributed by atoms with Crippen LogP contribution in [0.5, 0.6) is 0 Å². The van der Waals surface area contributed by atoms with Crippen molar-refractivity contribution in [3.05, 3.63) is 23.8 Å². The first-order valence-corrected chi connectivity index (χ1v) is 4.19. The summed E-state index contributed by atoms with van der Waals surface area (Å²) in [5.41, 5.74) is 1.43. The van der Waals surface area contributed by atoms with E-state index in [4.69, 9.17) is 0 Å². The van der Waals surface area contributed by atoms with Crippen LogP contribution in [-0.4, -0.2) is 0 Å². The van der Waals surface area contributed by atoms with Crippen LogP contribution >= 0.6 is 0 Å². The van der Waals surface area contributed by atoms with Gasteiger partial charge in [0.25, 0.3) is 0 Å². The molecular weight excluding hydrogens is 120 g/mol. The topological polar surface area (TPSA) is 0 Å². The van der Waals surface area contributed by atoms with Crippen LogP contribution in [0.4, 0.5) is 0 Å². The molecule has 0 nitrogen and oxygen atoms in total. The zero-order valence-electron chi connectivity index (χ0n) is 6.93. The molecule has 0 saturated heterocycles. The van der Waals surface area contributed by atoms with Crippen molar-refractivity contribution in [1.82, 2.24) is 0 Å². The minimum absolute atomic E-state index is 0.750. The Morgan fingerprint density at radius 1 is 1.50 bits per heavy atom. The Kier molecular flexibility index (Phi) is 2.73. The maximum atomic E-state index is 2.36. The van der Waals surface area contributed by atoms with Gasteiger partial charge in [0.1, 0.15) is 0 Å². The Bertz CT molecular complexity index is 151. The van der Waals surface area contributed by atoms with E-state index in [1.807, 2.05) is 0 Å². The number of hydrogen-bond donors (Lipinski definition) is 0. The predicted octanol–water partition coefficient (Wildman–Crippen LogP) is 3.31. The molecule has 1 unspecified atom stereocenters. The van der Waals surface area contributed by atoms with E-state index in [0.29, 0.717) is 0 Å². The van der Waals surface area contributed by atoms with Gasteiger partial charge in [0.05, 0.1) is 0 Å². The standard InChI is InChI=1S/C10H16/c1-3-4-5-10-7-6-9(2)8-10/h6-8,10H,3-5H2,1-2H3. The highest BCUT2D eigenvalue weighted by Crippen LogP contribution is 2.20. The van der Waals surface area contributed by atoms with Gasteiger partial charge < -0.3 is 0 Å². The number of unbranched alkanes of at least 4 members (excludes halogenated alkanes) is 1. The van der Waals surface area contributed by atoms with Gasteiger partial charge in [-0.2, -0.15) is 0 Å². The quantitative estimate of drug-likeness (QED) is 0.558. The molecule has 0 amide bonds. The third-order valence-corrected chi connectivity index (χ3v) is 1.97. The molecule has 1 atom stereocenters. The summed E-state index contributed by atoms with van der Waals surface area (Å²) in [4.78, 5) is 0. The van der Waals surface area contributed by atoms with Crippen LogP contribution in [0, 0.1) is 5.92 Å². The second-order valence-corrected chi connectivity index (χ2v) is 3.08. The summed E-state index contributed by atoms with van der Waals surface area (Å²) in [5.74, 6) is 0.750. The minimum Gasteiger partial charge on any atom is -0.0774 e. The summed E-state index contributed by atoms with van der Waals surface area (Å²) in [5, 5.41) is 0. The summed E-state index contributed by atoms with van der Waals surface area (Å²) >= 11 is 0. The first-order valence-electron chi connectivity index (χ1n) is 4.19. The molecule has 0 saturated carbocycles. The number of allylic oxidation sites excluding steroid dienone is 4. The monoisotopic (exact) mass is 136 g/mol. The Balaban J connectivity index is 2.26. The van der Waals surface area contributed by atoms with Gasteiger partial charge in [0.2, 0.25) is 0 Å². The molecule has 0 bridgehead atoms. The Morgan fingerprint density at radius 2 is 2.30 bits per heavy atom. The lowest BCUT2D eigenvalue weighted by molar-refractivity contribution is 0.646. The molecule has 0 radical (unpaired) electrons. The molecule has 0 aliphatic heterocycles. The van der Waals surface area contributed by atoms with E-state index < -0.39 is 0 Å². The largest absolute Gasteiger partial charge is 0.0774 e. The van der Waals surface area contributed by atoms with Gasteiger partial charge in [-0.3, -0.25) is 0 Å². The van der Waals surface area contributed by atoms with E-state index in [9.17, 15) is 0 Å². The molecule has 1 aliphatic rings.